The minimum absolute atomic E-state index is 0.0832. The van der Waals surface area contributed by atoms with E-state index >= 15 is 0 Å². The molecule has 4 atom stereocenters. The van der Waals surface area contributed by atoms with Crippen LogP contribution >= 0.6 is 0 Å². The molecule has 112 valence electrons. The van der Waals surface area contributed by atoms with Crippen molar-refractivity contribution in [1.82, 2.24) is 0 Å². The maximum atomic E-state index is 11.6. The molecule has 0 aromatic heterocycles. The van der Waals surface area contributed by atoms with Crippen molar-refractivity contribution in [1.29, 1.82) is 5.26 Å². The second-order valence-corrected chi connectivity index (χ2v) is 4.98. The molecule has 0 aromatic carbocycles. The van der Waals surface area contributed by atoms with Gasteiger partial charge in [0.05, 0.1) is 18.4 Å². The summed E-state index contributed by atoms with van der Waals surface area (Å²) in [6, 6.07) is 2.03. The van der Waals surface area contributed by atoms with E-state index < -0.39 is 48.4 Å². The van der Waals surface area contributed by atoms with Crippen molar-refractivity contribution in [2.75, 3.05) is 6.61 Å². The first-order valence-electron chi connectivity index (χ1n) is 6.38. The molecule has 0 amide bonds. The largest absolute Gasteiger partial charge is 0.457 e. The Labute approximate surface area is 119 Å². The number of hydrogen-bond acceptors (Lipinski definition) is 8. The lowest BCUT2D eigenvalue weighted by atomic mass is 9.99. The van der Waals surface area contributed by atoms with Crippen LogP contribution in [0.1, 0.15) is 19.8 Å². The Morgan fingerprint density at radius 3 is 2.76 bits per heavy atom. The van der Waals surface area contributed by atoms with Gasteiger partial charge in [-0.05, 0) is 6.42 Å². The van der Waals surface area contributed by atoms with Crippen molar-refractivity contribution in [2.24, 2.45) is 11.8 Å². The summed E-state index contributed by atoms with van der Waals surface area (Å²) in [6.07, 6.45) is -0.998. The van der Waals surface area contributed by atoms with E-state index in [4.69, 9.17) is 14.7 Å². The molecule has 1 aliphatic heterocycles. The predicted octanol–water partition coefficient (Wildman–Crippen LogP) is -0.494. The van der Waals surface area contributed by atoms with E-state index in [1.165, 1.54) is 0 Å². The molecule has 1 saturated heterocycles. The topological polar surface area (TPSA) is 120 Å². The number of carbonyl (C=O) groups is 4. The fourth-order valence-electron chi connectivity index (χ4n) is 2.56. The fourth-order valence-corrected chi connectivity index (χ4v) is 2.56. The molecule has 0 radical (unpaired) electrons. The molecular formula is C13H13NO7. The Hall–Kier alpha value is -2.43. The SMILES string of the molecule is CC(=O)C(=O)OCC(=O)OC1C2CC(=O)OC1C(C#N)C2. The van der Waals surface area contributed by atoms with Gasteiger partial charge in [-0.1, -0.05) is 0 Å². The summed E-state index contributed by atoms with van der Waals surface area (Å²) in [5.74, 6) is -3.99. The van der Waals surface area contributed by atoms with Crippen LogP contribution in [0.25, 0.3) is 0 Å². The number of Topliss-reactive ketones (excluding diaryl/α,β-unsaturated/α-hetero) is 1. The zero-order valence-corrected chi connectivity index (χ0v) is 11.2. The highest BCUT2D eigenvalue weighted by molar-refractivity contribution is 6.32. The van der Waals surface area contributed by atoms with Crippen LogP contribution in [0.2, 0.25) is 0 Å². The van der Waals surface area contributed by atoms with Crippen LogP contribution in [0.5, 0.6) is 0 Å². The quantitative estimate of drug-likeness (QED) is 0.387. The Morgan fingerprint density at radius 1 is 1.43 bits per heavy atom. The molecule has 2 rings (SSSR count). The summed E-state index contributed by atoms with van der Waals surface area (Å²) in [4.78, 5) is 44.5. The van der Waals surface area contributed by atoms with Gasteiger partial charge in [0.15, 0.2) is 12.7 Å². The van der Waals surface area contributed by atoms with E-state index in [1.807, 2.05) is 6.07 Å². The molecule has 0 aromatic rings. The summed E-state index contributed by atoms with van der Waals surface area (Å²) in [5, 5.41) is 9.00. The van der Waals surface area contributed by atoms with Crippen LogP contribution in [-0.4, -0.2) is 42.5 Å². The molecule has 2 aliphatic rings. The first-order valence-corrected chi connectivity index (χ1v) is 6.38. The first kappa shape index (κ1) is 15.0. The van der Waals surface area contributed by atoms with Gasteiger partial charge in [0.25, 0.3) is 0 Å². The molecule has 1 saturated carbocycles. The maximum absolute atomic E-state index is 11.6. The Morgan fingerprint density at radius 2 is 2.14 bits per heavy atom. The monoisotopic (exact) mass is 295 g/mol. The minimum atomic E-state index is -1.13. The van der Waals surface area contributed by atoms with E-state index in [9.17, 15) is 19.2 Å². The standard InChI is InChI=1S/C13H13NO7/c1-6(15)13(18)19-5-10(17)21-11-7-2-8(4-14)12(11)20-9(16)3-7/h7-8,11-12H,2-3,5H2,1H3. The second kappa shape index (κ2) is 5.91. The van der Waals surface area contributed by atoms with Crippen LogP contribution in [0.3, 0.4) is 0 Å². The molecule has 1 aliphatic carbocycles. The van der Waals surface area contributed by atoms with Crippen molar-refractivity contribution in [3.05, 3.63) is 0 Å². The average molecular weight is 295 g/mol. The third-order valence-electron chi connectivity index (χ3n) is 3.48. The van der Waals surface area contributed by atoms with E-state index in [2.05, 4.69) is 4.74 Å². The van der Waals surface area contributed by atoms with Gasteiger partial charge in [-0.2, -0.15) is 5.26 Å². The van der Waals surface area contributed by atoms with Gasteiger partial charge < -0.3 is 14.2 Å². The number of nitrogens with zero attached hydrogens (tertiary/aromatic N) is 1. The summed E-state index contributed by atoms with van der Waals surface area (Å²) in [7, 11) is 0. The van der Waals surface area contributed by atoms with E-state index in [-0.39, 0.29) is 12.3 Å². The number of rotatable bonds is 4. The molecule has 2 bridgehead atoms. The first-order chi connectivity index (χ1) is 9.92. The molecule has 1 heterocycles. The highest BCUT2D eigenvalue weighted by Crippen LogP contribution is 2.41. The molecule has 21 heavy (non-hydrogen) atoms. The lowest BCUT2D eigenvalue weighted by Crippen LogP contribution is -2.42. The third kappa shape index (κ3) is 3.18. The second-order valence-electron chi connectivity index (χ2n) is 4.98. The van der Waals surface area contributed by atoms with Gasteiger partial charge in [0.1, 0.15) is 6.10 Å². The van der Waals surface area contributed by atoms with Gasteiger partial charge in [0.2, 0.25) is 5.78 Å². The van der Waals surface area contributed by atoms with Crippen molar-refractivity contribution >= 4 is 23.7 Å². The molecular weight excluding hydrogens is 282 g/mol. The number of fused-ring (bicyclic) bond motifs is 2. The normalized spacial score (nSPS) is 30.0. The predicted molar refractivity (Wildman–Crippen MR) is 63.2 cm³/mol. The number of esters is 3. The zero-order chi connectivity index (χ0) is 15.6. The summed E-state index contributed by atoms with van der Waals surface area (Å²) in [6.45, 7) is 0.325. The average Bonchev–Trinajstić information content (AvgIpc) is 2.63. The Kier molecular flexibility index (Phi) is 4.21. The van der Waals surface area contributed by atoms with Gasteiger partial charge in [-0.3, -0.25) is 9.59 Å². The van der Waals surface area contributed by atoms with Crippen LogP contribution in [0.15, 0.2) is 0 Å². The Balaban J connectivity index is 1.92. The van der Waals surface area contributed by atoms with E-state index in [0.29, 0.717) is 6.42 Å². The summed E-state index contributed by atoms with van der Waals surface area (Å²) >= 11 is 0. The molecule has 4 unspecified atom stereocenters. The van der Waals surface area contributed by atoms with Gasteiger partial charge >= 0.3 is 17.9 Å². The maximum Gasteiger partial charge on any atom is 0.374 e. The molecule has 0 N–H and O–H groups in total. The number of carbonyl (C=O) groups excluding carboxylic acids is 4. The van der Waals surface area contributed by atoms with Gasteiger partial charge in [-0.15, -0.1) is 0 Å². The fraction of sp³-hybridized carbons (Fsp3) is 0.615. The number of ether oxygens (including phenoxy) is 3. The Bertz CT molecular complexity index is 535. The number of hydrogen-bond donors (Lipinski definition) is 0. The van der Waals surface area contributed by atoms with Crippen LogP contribution < -0.4 is 0 Å². The van der Waals surface area contributed by atoms with Crippen molar-refractivity contribution < 1.29 is 33.4 Å². The van der Waals surface area contributed by atoms with E-state index in [0.717, 1.165) is 6.92 Å². The van der Waals surface area contributed by atoms with Crippen molar-refractivity contribution in [2.45, 2.75) is 32.0 Å². The van der Waals surface area contributed by atoms with Crippen LogP contribution in [0.4, 0.5) is 0 Å². The van der Waals surface area contributed by atoms with Gasteiger partial charge in [-0.25, -0.2) is 9.59 Å². The minimum Gasteiger partial charge on any atom is -0.457 e. The number of ketones is 1. The lowest BCUT2D eigenvalue weighted by molar-refractivity contribution is -0.182. The zero-order valence-electron chi connectivity index (χ0n) is 11.2. The molecule has 8 heteroatoms. The molecule has 8 nitrogen and oxygen atoms in total. The highest BCUT2D eigenvalue weighted by Gasteiger charge is 2.52. The van der Waals surface area contributed by atoms with Crippen molar-refractivity contribution in [3.8, 4) is 6.07 Å². The highest BCUT2D eigenvalue weighted by atomic mass is 16.6. The smallest absolute Gasteiger partial charge is 0.374 e. The van der Waals surface area contributed by atoms with E-state index in [1.54, 1.807) is 0 Å². The van der Waals surface area contributed by atoms with Crippen LogP contribution in [-0.2, 0) is 33.4 Å². The van der Waals surface area contributed by atoms with Crippen molar-refractivity contribution in [3.63, 3.8) is 0 Å². The third-order valence-corrected chi connectivity index (χ3v) is 3.48. The van der Waals surface area contributed by atoms with Crippen LogP contribution in [0, 0.1) is 23.2 Å². The molecule has 2 fully saturated rings. The summed E-state index contributed by atoms with van der Waals surface area (Å²) in [5.41, 5.74) is 0. The molecule has 0 spiro atoms. The number of nitriles is 1. The summed E-state index contributed by atoms with van der Waals surface area (Å²) < 4.78 is 14.6. The van der Waals surface area contributed by atoms with Gasteiger partial charge in [0, 0.05) is 12.8 Å². The lowest BCUT2D eigenvalue weighted by Gasteiger charge is -2.29.